The van der Waals surface area contributed by atoms with Gasteiger partial charge in [0.15, 0.2) is 0 Å². The molecule has 0 saturated carbocycles. The third kappa shape index (κ3) is 4.73. The van der Waals surface area contributed by atoms with E-state index in [-0.39, 0.29) is 5.97 Å². The van der Waals surface area contributed by atoms with E-state index in [4.69, 9.17) is 4.74 Å². The van der Waals surface area contributed by atoms with Crippen LogP contribution in [0.5, 0.6) is 0 Å². The minimum atomic E-state index is -1.05. The molecule has 3 nitrogen and oxygen atoms in total. The number of ether oxygens (including phenoxy) is 1. The topological polar surface area (TPSA) is 29.5 Å². The quantitative estimate of drug-likeness (QED) is 0.496. The molecule has 3 rings (SSSR count). The Balaban J connectivity index is 1.76. The maximum absolute atomic E-state index is 12.7. The number of esters is 1. The molecule has 132 valence electrons. The van der Waals surface area contributed by atoms with Crippen molar-refractivity contribution in [3.63, 3.8) is 0 Å². The van der Waals surface area contributed by atoms with Crippen molar-refractivity contribution in [3.05, 3.63) is 64.1 Å². The average molecular weight is 418 g/mol. The van der Waals surface area contributed by atoms with Gasteiger partial charge in [0.1, 0.15) is 6.61 Å². The van der Waals surface area contributed by atoms with Crippen LogP contribution in [-0.2, 0) is 11.3 Å². The molecule has 1 saturated heterocycles. The van der Waals surface area contributed by atoms with Gasteiger partial charge in [0, 0.05) is 17.6 Å². The summed E-state index contributed by atoms with van der Waals surface area (Å²) < 4.78 is 6.54. The molecule has 1 aliphatic rings. The number of hydrogen-bond acceptors (Lipinski definition) is 3. The molecule has 2 aromatic carbocycles. The highest BCUT2D eigenvalue weighted by Gasteiger charge is 2.29. The van der Waals surface area contributed by atoms with Gasteiger partial charge >= 0.3 is 5.97 Å². The molecule has 0 atom stereocenters. The van der Waals surface area contributed by atoms with Gasteiger partial charge in [-0.15, -0.1) is 0 Å². The molecule has 0 N–H and O–H groups in total. The molecule has 0 unspecified atom stereocenters. The van der Waals surface area contributed by atoms with E-state index in [0.29, 0.717) is 12.2 Å². The monoisotopic (exact) mass is 417 g/mol. The molecule has 2 aromatic rings. The first-order valence-corrected chi connectivity index (χ1v) is 12.9. The van der Waals surface area contributed by atoms with Crippen molar-refractivity contribution in [3.8, 4) is 0 Å². The lowest BCUT2D eigenvalue weighted by molar-refractivity contribution is 0.0473. The fourth-order valence-corrected chi connectivity index (χ4v) is 5.44. The molecule has 5 heteroatoms. The van der Waals surface area contributed by atoms with E-state index in [2.05, 4.69) is 33.9 Å². The third-order valence-corrected chi connectivity index (χ3v) is 8.50. The lowest BCUT2D eigenvalue weighted by Gasteiger charge is -2.37. The average Bonchev–Trinajstić information content (AvgIpc) is 2.60. The van der Waals surface area contributed by atoms with Crippen molar-refractivity contribution in [1.29, 1.82) is 0 Å². The standard InChI is InChI=1S/C20H24BrNO2Si/c1-25(2)12-10-22(11-13-25)19-14-17(21)8-9-18(19)20(23)24-15-16-6-4-3-5-7-16/h3-9,14H,10-13,15H2,1-2H3. The minimum absolute atomic E-state index is 0.256. The molecule has 0 amide bonds. The first-order valence-electron chi connectivity index (χ1n) is 8.70. The Bertz CT molecular complexity index is 739. The van der Waals surface area contributed by atoms with E-state index >= 15 is 0 Å². The molecule has 1 heterocycles. The van der Waals surface area contributed by atoms with Crippen LogP contribution in [0.4, 0.5) is 5.69 Å². The molecule has 0 radical (unpaired) electrons. The summed E-state index contributed by atoms with van der Waals surface area (Å²) in [6.07, 6.45) is 0. The number of benzene rings is 2. The van der Waals surface area contributed by atoms with E-state index in [1.54, 1.807) is 0 Å². The maximum Gasteiger partial charge on any atom is 0.340 e. The SMILES string of the molecule is C[Si]1(C)CCN(c2cc(Br)ccc2C(=O)OCc2ccccc2)CC1. The molecule has 0 spiro atoms. The number of carbonyl (C=O) groups is 1. The summed E-state index contributed by atoms with van der Waals surface area (Å²) >= 11 is 3.54. The van der Waals surface area contributed by atoms with Crippen LogP contribution in [0.3, 0.4) is 0 Å². The van der Waals surface area contributed by atoms with Crippen molar-refractivity contribution in [2.24, 2.45) is 0 Å². The Morgan fingerprint density at radius 2 is 1.80 bits per heavy atom. The summed E-state index contributed by atoms with van der Waals surface area (Å²) in [5, 5.41) is 0. The Morgan fingerprint density at radius 3 is 2.48 bits per heavy atom. The maximum atomic E-state index is 12.7. The lowest BCUT2D eigenvalue weighted by Crippen LogP contribution is -2.43. The second-order valence-electron chi connectivity index (χ2n) is 7.37. The highest BCUT2D eigenvalue weighted by atomic mass is 79.9. The van der Waals surface area contributed by atoms with Crippen molar-refractivity contribution in [2.45, 2.75) is 31.8 Å². The van der Waals surface area contributed by atoms with Gasteiger partial charge in [-0.05, 0) is 35.9 Å². The molecule has 25 heavy (non-hydrogen) atoms. The van der Waals surface area contributed by atoms with Crippen LogP contribution >= 0.6 is 15.9 Å². The number of halogens is 1. The summed E-state index contributed by atoms with van der Waals surface area (Å²) in [4.78, 5) is 15.0. The lowest BCUT2D eigenvalue weighted by atomic mass is 10.1. The summed E-state index contributed by atoms with van der Waals surface area (Å²) in [6, 6.07) is 18.1. The van der Waals surface area contributed by atoms with Gasteiger partial charge in [-0.2, -0.15) is 0 Å². The van der Waals surface area contributed by atoms with E-state index in [9.17, 15) is 4.79 Å². The predicted molar refractivity (Wildman–Crippen MR) is 109 cm³/mol. The van der Waals surface area contributed by atoms with Gasteiger partial charge in [0.2, 0.25) is 0 Å². The zero-order chi connectivity index (χ0) is 17.9. The fourth-order valence-electron chi connectivity index (χ4n) is 3.09. The second kappa shape index (κ2) is 7.75. The molecule has 1 fully saturated rings. The summed E-state index contributed by atoms with van der Waals surface area (Å²) in [5.74, 6) is -0.256. The summed E-state index contributed by atoms with van der Waals surface area (Å²) in [5.41, 5.74) is 2.64. The predicted octanol–water partition coefficient (Wildman–Crippen LogP) is 5.33. The Hall–Kier alpha value is -1.59. The van der Waals surface area contributed by atoms with Crippen LogP contribution < -0.4 is 4.90 Å². The third-order valence-electron chi connectivity index (χ3n) is 4.85. The van der Waals surface area contributed by atoms with Crippen molar-refractivity contribution in [2.75, 3.05) is 18.0 Å². The van der Waals surface area contributed by atoms with E-state index < -0.39 is 8.07 Å². The fraction of sp³-hybridized carbons (Fsp3) is 0.350. The van der Waals surface area contributed by atoms with Crippen LogP contribution in [0.15, 0.2) is 53.0 Å². The first-order chi connectivity index (χ1) is 11.9. The van der Waals surface area contributed by atoms with Gasteiger partial charge < -0.3 is 9.64 Å². The van der Waals surface area contributed by atoms with Gasteiger partial charge in [-0.3, -0.25) is 0 Å². The Morgan fingerprint density at radius 1 is 1.12 bits per heavy atom. The molecular formula is C20H24BrNO2Si. The van der Waals surface area contributed by atoms with Crippen molar-refractivity contribution >= 4 is 35.7 Å². The molecule has 0 bridgehead atoms. The Kier molecular flexibility index (Phi) is 5.64. The number of nitrogens with zero attached hydrogens (tertiary/aromatic N) is 1. The van der Waals surface area contributed by atoms with E-state index in [0.717, 1.165) is 28.8 Å². The van der Waals surface area contributed by atoms with Crippen molar-refractivity contribution in [1.82, 2.24) is 0 Å². The molecule has 1 aliphatic heterocycles. The first kappa shape index (κ1) is 18.2. The van der Waals surface area contributed by atoms with Crippen LogP contribution in [0.1, 0.15) is 15.9 Å². The smallest absolute Gasteiger partial charge is 0.340 e. The number of rotatable bonds is 4. The second-order valence-corrected chi connectivity index (χ2v) is 13.6. The summed E-state index contributed by atoms with van der Waals surface area (Å²) in [7, 11) is -1.05. The largest absolute Gasteiger partial charge is 0.457 e. The van der Waals surface area contributed by atoms with Crippen LogP contribution in [0.25, 0.3) is 0 Å². The van der Waals surface area contributed by atoms with Gasteiger partial charge in [0.25, 0.3) is 0 Å². The molecule has 0 aromatic heterocycles. The number of carbonyl (C=O) groups excluding carboxylic acids is 1. The molecular weight excluding hydrogens is 394 g/mol. The van der Waals surface area contributed by atoms with Crippen LogP contribution in [0, 0.1) is 0 Å². The van der Waals surface area contributed by atoms with Gasteiger partial charge in [-0.1, -0.05) is 59.4 Å². The summed E-state index contributed by atoms with van der Waals surface area (Å²) in [6.45, 7) is 7.24. The van der Waals surface area contributed by atoms with Crippen LogP contribution in [-0.4, -0.2) is 27.1 Å². The van der Waals surface area contributed by atoms with E-state index in [1.165, 1.54) is 12.1 Å². The minimum Gasteiger partial charge on any atom is -0.457 e. The zero-order valence-corrected chi connectivity index (χ0v) is 17.4. The van der Waals surface area contributed by atoms with Gasteiger partial charge in [-0.25, -0.2) is 4.79 Å². The highest BCUT2D eigenvalue weighted by Crippen LogP contribution is 2.31. The Labute approximate surface area is 159 Å². The zero-order valence-electron chi connectivity index (χ0n) is 14.8. The van der Waals surface area contributed by atoms with Crippen LogP contribution in [0.2, 0.25) is 25.2 Å². The van der Waals surface area contributed by atoms with E-state index in [1.807, 2.05) is 48.5 Å². The van der Waals surface area contributed by atoms with Crippen molar-refractivity contribution < 1.29 is 9.53 Å². The normalized spacial score (nSPS) is 16.5. The van der Waals surface area contributed by atoms with Gasteiger partial charge in [0.05, 0.1) is 19.3 Å². The number of anilines is 1. The molecule has 0 aliphatic carbocycles. The highest BCUT2D eigenvalue weighted by molar-refractivity contribution is 9.10. The number of hydrogen-bond donors (Lipinski definition) is 0.